The molecule has 0 amide bonds. The zero-order chi connectivity index (χ0) is 54.9. The van der Waals surface area contributed by atoms with E-state index in [4.69, 9.17) is 18.5 Å². The highest BCUT2D eigenvalue weighted by Crippen LogP contribution is 2.38. The lowest BCUT2D eigenvalue weighted by Gasteiger charge is -2.28. The van der Waals surface area contributed by atoms with Crippen molar-refractivity contribution in [3.05, 3.63) is 12.2 Å². The van der Waals surface area contributed by atoms with Gasteiger partial charge in [0.05, 0.1) is 27.7 Å². The molecule has 0 saturated carbocycles. The van der Waals surface area contributed by atoms with Crippen LogP contribution in [0.4, 0.5) is 0 Å². The van der Waals surface area contributed by atoms with Crippen LogP contribution in [-0.4, -0.2) is 70.0 Å². The van der Waals surface area contributed by atoms with Gasteiger partial charge in [0.15, 0.2) is 6.10 Å². The summed E-state index contributed by atoms with van der Waals surface area (Å²) in [5, 5.41) is 0. The first kappa shape index (κ1) is 73.8. The highest BCUT2D eigenvalue weighted by Gasteiger charge is 2.22. The molecule has 446 valence electrons. The van der Waals surface area contributed by atoms with E-state index in [1.165, 1.54) is 276 Å². The van der Waals surface area contributed by atoms with Crippen molar-refractivity contribution < 1.29 is 42.1 Å². The maximum Gasteiger partial charge on any atom is 0.306 e. The number of esters is 2. The van der Waals surface area contributed by atoms with Crippen molar-refractivity contribution in [3.63, 3.8) is 0 Å². The van der Waals surface area contributed by atoms with Crippen LogP contribution in [0.5, 0.6) is 0 Å². The molecule has 0 aromatic carbocycles. The predicted octanol–water partition coefficient (Wildman–Crippen LogP) is 20.1. The van der Waals surface area contributed by atoms with Gasteiger partial charge in [0.25, 0.3) is 7.82 Å². The van der Waals surface area contributed by atoms with E-state index in [1.807, 2.05) is 21.1 Å². The Labute approximate surface area is 466 Å². The Bertz CT molecular complexity index is 1270. The fourth-order valence-corrected chi connectivity index (χ4v) is 10.7. The van der Waals surface area contributed by atoms with Crippen molar-refractivity contribution in [1.29, 1.82) is 0 Å². The molecule has 0 saturated heterocycles. The van der Waals surface area contributed by atoms with E-state index in [0.717, 1.165) is 32.1 Å². The molecule has 0 rings (SSSR count). The number of carbonyl (C=O) groups excluding carboxylic acids is 2. The smallest absolute Gasteiger partial charge is 0.306 e. The number of carbonyl (C=O) groups is 2. The Kier molecular flexibility index (Phi) is 56.5. The molecule has 0 heterocycles. The van der Waals surface area contributed by atoms with Crippen LogP contribution in [0.25, 0.3) is 0 Å². The lowest BCUT2D eigenvalue weighted by molar-refractivity contribution is -0.870. The Morgan fingerprint density at radius 3 is 0.987 bits per heavy atom. The number of likely N-dealkylation sites (N-methyl/N-ethyl adjacent to an activating group) is 1. The summed E-state index contributed by atoms with van der Waals surface area (Å²) in [6, 6.07) is 0. The number of unbranched alkanes of at least 4 members (excludes halogenated alkanes) is 46. The summed E-state index contributed by atoms with van der Waals surface area (Å²) in [4.78, 5) is 38.0. The number of rotatable bonds is 62. The molecule has 0 bridgehead atoms. The second-order valence-corrected chi connectivity index (χ2v) is 25.3. The number of allylic oxidation sites excluding steroid dienone is 2. The molecule has 0 spiro atoms. The highest BCUT2D eigenvalue weighted by atomic mass is 31.2. The minimum absolute atomic E-state index is 0.0265. The lowest BCUT2D eigenvalue weighted by Crippen LogP contribution is -2.37. The van der Waals surface area contributed by atoms with Gasteiger partial charge in [-0.25, -0.2) is 0 Å². The first-order valence-corrected chi connectivity index (χ1v) is 34.4. The topological polar surface area (TPSA) is 111 Å². The van der Waals surface area contributed by atoms with Crippen LogP contribution in [0.2, 0.25) is 0 Å². The van der Waals surface area contributed by atoms with Crippen LogP contribution in [0.1, 0.15) is 341 Å². The number of quaternary nitrogens is 1. The van der Waals surface area contributed by atoms with E-state index in [1.54, 1.807) is 0 Å². The Morgan fingerprint density at radius 1 is 0.400 bits per heavy atom. The van der Waals surface area contributed by atoms with Gasteiger partial charge in [-0.1, -0.05) is 302 Å². The number of phosphoric ester groups is 1. The van der Waals surface area contributed by atoms with Gasteiger partial charge in [0.1, 0.15) is 19.8 Å². The van der Waals surface area contributed by atoms with E-state index < -0.39 is 26.5 Å². The molecule has 0 aliphatic heterocycles. The van der Waals surface area contributed by atoms with Crippen LogP contribution < -0.4 is 4.89 Å². The summed E-state index contributed by atoms with van der Waals surface area (Å²) < 4.78 is 34.3. The van der Waals surface area contributed by atoms with Gasteiger partial charge in [0.2, 0.25) is 0 Å². The molecule has 0 aliphatic carbocycles. The molecule has 0 N–H and O–H groups in total. The van der Waals surface area contributed by atoms with Gasteiger partial charge < -0.3 is 27.9 Å². The fourth-order valence-electron chi connectivity index (χ4n) is 9.95. The third-order valence-electron chi connectivity index (χ3n) is 15.0. The van der Waals surface area contributed by atoms with Gasteiger partial charge >= 0.3 is 11.9 Å². The molecule has 0 fully saturated rings. The van der Waals surface area contributed by atoms with E-state index in [9.17, 15) is 19.0 Å². The first-order valence-electron chi connectivity index (χ1n) is 32.9. The van der Waals surface area contributed by atoms with Crippen molar-refractivity contribution in [2.24, 2.45) is 0 Å². The quantitative estimate of drug-likeness (QED) is 0.0195. The van der Waals surface area contributed by atoms with Crippen molar-refractivity contribution >= 4 is 19.8 Å². The van der Waals surface area contributed by atoms with Crippen LogP contribution >= 0.6 is 7.82 Å². The van der Waals surface area contributed by atoms with Crippen molar-refractivity contribution in [3.8, 4) is 0 Å². The van der Waals surface area contributed by atoms with Crippen molar-refractivity contribution in [2.75, 3.05) is 47.5 Å². The zero-order valence-electron chi connectivity index (χ0n) is 50.8. The standard InChI is InChI=1S/C65H128NO8P/c1-6-8-10-12-14-16-18-20-22-24-26-28-30-32-34-35-37-39-41-43-45-47-49-51-53-55-57-64(67)71-61-63(62-73-75(69,70)72-60-59-66(3,4)5)74-65(68)58-56-54-52-50-48-46-44-42-40-38-36-33-31-29-27-25-23-21-19-17-15-13-11-9-7-2/h25,27,63H,6-24,26,28-62H2,1-5H3/b27-25-. The maximum atomic E-state index is 12.8. The molecule has 0 aliphatic rings. The van der Waals surface area contributed by atoms with Gasteiger partial charge in [0, 0.05) is 12.8 Å². The molecule has 0 aromatic heterocycles. The number of hydrogen-bond acceptors (Lipinski definition) is 8. The Balaban J connectivity index is 4.03. The number of nitrogens with zero attached hydrogens (tertiary/aromatic N) is 1. The van der Waals surface area contributed by atoms with Crippen molar-refractivity contribution in [1.82, 2.24) is 0 Å². The predicted molar refractivity (Wildman–Crippen MR) is 319 cm³/mol. The van der Waals surface area contributed by atoms with E-state index in [0.29, 0.717) is 17.4 Å². The largest absolute Gasteiger partial charge is 0.756 e. The molecule has 2 unspecified atom stereocenters. The molecule has 10 heteroatoms. The van der Waals surface area contributed by atoms with Crippen LogP contribution in [0, 0.1) is 0 Å². The second kappa shape index (κ2) is 57.4. The zero-order valence-corrected chi connectivity index (χ0v) is 51.7. The van der Waals surface area contributed by atoms with Gasteiger partial charge in [-0.3, -0.25) is 14.2 Å². The minimum Gasteiger partial charge on any atom is -0.756 e. The first-order chi connectivity index (χ1) is 36.5. The number of hydrogen-bond donors (Lipinski definition) is 0. The minimum atomic E-state index is -4.63. The fraction of sp³-hybridized carbons (Fsp3) is 0.938. The summed E-state index contributed by atoms with van der Waals surface area (Å²) in [6.45, 7) is 4.32. The van der Waals surface area contributed by atoms with Gasteiger partial charge in [-0.05, 0) is 38.5 Å². The molecule has 2 atom stereocenters. The summed E-state index contributed by atoms with van der Waals surface area (Å²) in [5.41, 5.74) is 0. The molecule has 0 radical (unpaired) electrons. The van der Waals surface area contributed by atoms with Crippen LogP contribution in [0.3, 0.4) is 0 Å². The van der Waals surface area contributed by atoms with Gasteiger partial charge in [-0.2, -0.15) is 0 Å². The van der Waals surface area contributed by atoms with Gasteiger partial charge in [-0.15, -0.1) is 0 Å². The lowest BCUT2D eigenvalue weighted by atomic mass is 10.0. The summed E-state index contributed by atoms with van der Waals surface area (Å²) in [5.74, 6) is -0.810. The second-order valence-electron chi connectivity index (χ2n) is 23.8. The maximum absolute atomic E-state index is 12.8. The molecule has 75 heavy (non-hydrogen) atoms. The third kappa shape index (κ3) is 61.8. The summed E-state index contributed by atoms with van der Waals surface area (Å²) in [6.07, 6.45) is 68.5. The highest BCUT2D eigenvalue weighted by molar-refractivity contribution is 7.45. The molecular weight excluding hydrogens is 954 g/mol. The third-order valence-corrected chi connectivity index (χ3v) is 16.0. The van der Waals surface area contributed by atoms with Crippen LogP contribution in [0.15, 0.2) is 12.2 Å². The SMILES string of the molecule is CCCCCCCCCC/C=C\CCCCCCCCCCCCCCCC(=O)OC(COC(=O)CCCCCCCCCCCCCCCCCCCCCCCCCCCC)COP(=O)([O-])OCC[N+](C)(C)C. The van der Waals surface area contributed by atoms with E-state index >= 15 is 0 Å². The summed E-state index contributed by atoms with van der Waals surface area (Å²) in [7, 11) is 1.19. The normalized spacial score (nSPS) is 13.2. The number of phosphoric acid groups is 1. The molecular formula is C65H128NO8P. The molecule has 0 aromatic rings. The number of ether oxygens (including phenoxy) is 2. The molecule has 9 nitrogen and oxygen atoms in total. The summed E-state index contributed by atoms with van der Waals surface area (Å²) >= 11 is 0. The van der Waals surface area contributed by atoms with E-state index in [-0.39, 0.29) is 32.0 Å². The van der Waals surface area contributed by atoms with Crippen LogP contribution in [-0.2, 0) is 32.7 Å². The average molecular weight is 1080 g/mol. The monoisotopic (exact) mass is 1080 g/mol. The average Bonchev–Trinajstić information content (AvgIpc) is 3.37. The van der Waals surface area contributed by atoms with E-state index in [2.05, 4.69) is 26.0 Å². The van der Waals surface area contributed by atoms with Crippen molar-refractivity contribution in [2.45, 2.75) is 347 Å². The Hall–Kier alpha value is -1.25. The Morgan fingerprint density at radius 2 is 0.680 bits per heavy atom.